The molecular formula is C21H17NO2. The molecule has 0 saturated carbocycles. The highest BCUT2D eigenvalue weighted by atomic mass is 16.1. The van der Waals surface area contributed by atoms with Crippen LogP contribution in [-0.2, 0) is 0 Å². The summed E-state index contributed by atoms with van der Waals surface area (Å²) in [5, 5.41) is 3.39. The number of hydrogen-bond donors (Lipinski definition) is 1. The molecule has 0 heterocycles. The second-order valence-corrected chi connectivity index (χ2v) is 5.65. The van der Waals surface area contributed by atoms with Crippen molar-refractivity contribution < 1.29 is 9.59 Å². The summed E-state index contributed by atoms with van der Waals surface area (Å²) in [4.78, 5) is 21.6. The highest BCUT2D eigenvalue weighted by Gasteiger charge is 2.07. The molecule has 3 aromatic rings. The summed E-state index contributed by atoms with van der Waals surface area (Å²) >= 11 is 0. The Morgan fingerprint density at radius 2 is 1.33 bits per heavy atom. The first kappa shape index (κ1) is 15.7. The number of hydrogen-bond acceptors (Lipinski definition) is 3. The highest BCUT2D eigenvalue weighted by Crippen LogP contribution is 2.31. The first-order valence-corrected chi connectivity index (χ1v) is 7.68. The fourth-order valence-electron chi connectivity index (χ4n) is 2.55. The largest absolute Gasteiger partial charge is 0.355 e. The molecule has 3 aromatic carbocycles. The normalized spacial score (nSPS) is 10.2. The van der Waals surface area contributed by atoms with E-state index in [1.54, 1.807) is 12.1 Å². The summed E-state index contributed by atoms with van der Waals surface area (Å²) in [5.41, 5.74) is 6.45. The summed E-state index contributed by atoms with van der Waals surface area (Å²) in [7, 11) is 0. The van der Waals surface area contributed by atoms with Crippen LogP contribution in [0.15, 0.2) is 66.7 Å². The Kier molecular flexibility index (Phi) is 4.52. The lowest BCUT2D eigenvalue weighted by Crippen LogP contribution is -1.95. The molecule has 24 heavy (non-hydrogen) atoms. The van der Waals surface area contributed by atoms with Gasteiger partial charge >= 0.3 is 0 Å². The molecule has 1 N–H and O–H groups in total. The third kappa shape index (κ3) is 3.41. The van der Waals surface area contributed by atoms with Crippen LogP contribution in [0.3, 0.4) is 0 Å². The molecule has 0 aliphatic rings. The fraction of sp³-hybridized carbons (Fsp3) is 0.0476. The van der Waals surface area contributed by atoms with Crippen molar-refractivity contribution in [2.24, 2.45) is 0 Å². The number of carbonyl (C=O) groups excluding carboxylic acids is 2. The van der Waals surface area contributed by atoms with E-state index in [1.807, 2.05) is 55.5 Å². The maximum absolute atomic E-state index is 10.8. The average Bonchev–Trinajstić information content (AvgIpc) is 2.64. The quantitative estimate of drug-likeness (QED) is 0.672. The van der Waals surface area contributed by atoms with E-state index in [1.165, 1.54) is 0 Å². The maximum atomic E-state index is 10.8. The molecule has 0 saturated heterocycles. The van der Waals surface area contributed by atoms with Crippen molar-refractivity contribution in [3.8, 4) is 11.1 Å². The molecule has 0 aromatic heterocycles. The molecule has 0 aliphatic heterocycles. The lowest BCUT2D eigenvalue weighted by Gasteiger charge is -2.14. The average molecular weight is 315 g/mol. The van der Waals surface area contributed by atoms with Gasteiger partial charge < -0.3 is 5.32 Å². The van der Waals surface area contributed by atoms with E-state index in [9.17, 15) is 9.59 Å². The Morgan fingerprint density at radius 1 is 0.750 bits per heavy atom. The van der Waals surface area contributed by atoms with Gasteiger partial charge in [-0.3, -0.25) is 9.59 Å². The zero-order valence-corrected chi connectivity index (χ0v) is 13.3. The predicted octanol–water partition coefficient (Wildman–Crippen LogP) is 5.03. The Bertz CT molecular complexity index is 865. The number of rotatable bonds is 5. The van der Waals surface area contributed by atoms with Crippen LogP contribution in [0.2, 0.25) is 0 Å². The summed E-state index contributed by atoms with van der Waals surface area (Å²) in [6.07, 6.45) is 1.67. The minimum Gasteiger partial charge on any atom is -0.355 e. The van der Waals surface area contributed by atoms with Gasteiger partial charge in [-0.1, -0.05) is 35.9 Å². The van der Waals surface area contributed by atoms with Crippen LogP contribution in [0.25, 0.3) is 11.1 Å². The lowest BCUT2D eigenvalue weighted by atomic mass is 10.00. The van der Waals surface area contributed by atoms with E-state index in [0.29, 0.717) is 11.1 Å². The van der Waals surface area contributed by atoms with Gasteiger partial charge in [0.2, 0.25) is 0 Å². The van der Waals surface area contributed by atoms with Crippen molar-refractivity contribution in [2.45, 2.75) is 6.92 Å². The van der Waals surface area contributed by atoms with Crippen molar-refractivity contribution in [2.75, 3.05) is 5.32 Å². The molecule has 0 atom stereocenters. The summed E-state index contributed by atoms with van der Waals surface area (Å²) in [6.45, 7) is 2.05. The third-order valence-electron chi connectivity index (χ3n) is 3.86. The Morgan fingerprint density at radius 3 is 1.92 bits per heavy atom. The summed E-state index contributed by atoms with van der Waals surface area (Å²) in [5.74, 6) is 0. The van der Waals surface area contributed by atoms with E-state index in [4.69, 9.17) is 0 Å². The first-order valence-electron chi connectivity index (χ1n) is 7.68. The molecule has 0 bridgehead atoms. The molecule has 3 rings (SSSR count). The number of anilines is 2. The number of carbonyl (C=O) groups is 2. The second-order valence-electron chi connectivity index (χ2n) is 5.65. The van der Waals surface area contributed by atoms with Gasteiger partial charge in [0.1, 0.15) is 12.6 Å². The standard InChI is InChI=1S/C21H17NO2/c1-15-2-11-21(22-19-9-5-17(14-24)6-10-19)20(12-15)18-7-3-16(13-23)4-8-18/h2-14,22H,1H3. The molecule has 0 unspecified atom stereocenters. The van der Waals surface area contributed by atoms with Crippen LogP contribution >= 0.6 is 0 Å². The van der Waals surface area contributed by atoms with E-state index < -0.39 is 0 Å². The fourth-order valence-corrected chi connectivity index (χ4v) is 2.55. The van der Waals surface area contributed by atoms with Crippen LogP contribution < -0.4 is 5.32 Å². The van der Waals surface area contributed by atoms with Gasteiger partial charge in [0.05, 0.1) is 0 Å². The summed E-state index contributed by atoms with van der Waals surface area (Å²) < 4.78 is 0. The smallest absolute Gasteiger partial charge is 0.150 e. The van der Waals surface area contributed by atoms with E-state index in [0.717, 1.165) is 40.6 Å². The van der Waals surface area contributed by atoms with Crippen LogP contribution in [0.1, 0.15) is 26.3 Å². The predicted molar refractivity (Wildman–Crippen MR) is 97.1 cm³/mol. The Hall–Kier alpha value is -3.20. The molecular weight excluding hydrogens is 298 g/mol. The molecule has 0 amide bonds. The topological polar surface area (TPSA) is 46.2 Å². The molecule has 0 spiro atoms. The third-order valence-corrected chi connectivity index (χ3v) is 3.86. The Labute approximate surface area is 141 Å². The monoisotopic (exact) mass is 315 g/mol. The van der Waals surface area contributed by atoms with E-state index in [-0.39, 0.29) is 0 Å². The molecule has 3 nitrogen and oxygen atoms in total. The second kappa shape index (κ2) is 6.92. The van der Waals surface area contributed by atoms with Gasteiger partial charge in [0, 0.05) is 28.1 Å². The van der Waals surface area contributed by atoms with Gasteiger partial charge in [0.25, 0.3) is 0 Å². The zero-order chi connectivity index (χ0) is 16.9. The van der Waals surface area contributed by atoms with Gasteiger partial charge in [-0.2, -0.15) is 0 Å². The van der Waals surface area contributed by atoms with Crippen molar-refractivity contribution in [3.63, 3.8) is 0 Å². The number of aryl methyl sites for hydroxylation is 1. The minimum absolute atomic E-state index is 0.647. The number of benzene rings is 3. The van der Waals surface area contributed by atoms with E-state index >= 15 is 0 Å². The molecule has 0 fully saturated rings. The number of aldehydes is 2. The molecule has 118 valence electrons. The van der Waals surface area contributed by atoms with E-state index in [2.05, 4.69) is 11.4 Å². The van der Waals surface area contributed by atoms with Crippen LogP contribution in [0.5, 0.6) is 0 Å². The minimum atomic E-state index is 0.647. The van der Waals surface area contributed by atoms with Crippen LogP contribution in [-0.4, -0.2) is 12.6 Å². The molecule has 3 heteroatoms. The molecule has 0 aliphatic carbocycles. The summed E-state index contributed by atoms with van der Waals surface area (Å²) in [6, 6.07) is 21.0. The van der Waals surface area contributed by atoms with Crippen LogP contribution in [0, 0.1) is 6.92 Å². The number of nitrogens with one attached hydrogen (secondary N) is 1. The van der Waals surface area contributed by atoms with Crippen molar-refractivity contribution in [3.05, 3.63) is 83.4 Å². The Balaban J connectivity index is 1.97. The van der Waals surface area contributed by atoms with Crippen molar-refractivity contribution >= 4 is 23.9 Å². The van der Waals surface area contributed by atoms with Crippen molar-refractivity contribution in [1.82, 2.24) is 0 Å². The SMILES string of the molecule is Cc1ccc(Nc2ccc(C=O)cc2)c(-c2ccc(C=O)cc2)c1. The van der Waals surface area contributed by atoms with Crippen molar-refractivity contribution in [1.29, 1.82) is 0 Å². The van der Waals surface area contributed by atoms with Gasteiger partial charge in [0.15, 0.2) is 0 Å². The van der Waals surface area contributed by atoms with Gasteiger partial charge in [-0.15, -0.1) is 0 Å². The van der Waals surface area contributed by atoms with Gasteiger partial charge in [-0.25, -0.2) is 0 Å². The highest BCUT2D eigenvalue weighted by molar-refractivity contribution is 5.84. The first-order chi connectivity index (χ1) is 11.7. The maximum Gasteiger partial charge on any atom is 0.150 e. The zero-order valence-electron chi connectivity index (χ0n) is 13.3. The van der Waals surface area contributed by atoms with Gasteiger partial charge in [-0.05, 0) is 48.9 Å². The lowest BCUT2D eigenvalue weighted by molar-refractivity contribution is 0.111. The van der Waals surface area contributed by atoms with Crippen LogP contribution in [0.4, 0.5) is 11.4 Å². The molecule has 0 radical (unpaired) electrons.